The Morgan fingerprint density at radius 3 is 2.04 bits per heavy atom. The first-order chi connectivity index (χ1) is 13.3. The second kappa shape index (κ2) is 9.90. The first-order valence-corrected chi connectivity index (χ1v) is 9.39. The van der Waals surface area contributed by atoms with Crippen LogP contribution in [0, 0.1) is 0 Å². The van der Waals surface area contributed by atoms with Gasteiger partial charge >= 0.3 is 0 Å². The van der Waals surface area contributed by atoms with E-state index in [0.29, 0.717) is 12.2 Å². The molecule has 0 aliphatic carbocycles. The molecule has 3 rings (SSSR count). The third-order valence-corrected chi connectivity index (χ3v) is 4.43. The van der Waals surface area contributed by atoms with Crippen LogP contribution in [0.25, 0.3) is 0 Å². The molecule has 5 heteroatoms. The van der Waals surface area contributed by atoms with Gasteiger partial charge in [-0.25, -0.2) is 0 Å². The molecule has 5 nitrogen and oxygen atoms in total. The number of aliphatic hydroxyl groups is 1. The standard InChI is InChI=1S/C22H26N4O/c1-2-18-8-5-9-20(24-18)15-26(14-12-19-7-3-4-13-23-19)16-21-10-6-11-22(17-27)25-21/h3-11,13,27H,2,12,14-17H2,1H3. The van der Waals surface area contributed by atoms with E-state index in [1.54, 1.807) is 0 Å². The molecule has 0 aliphatic rings. The van der Waals surface area contributed by atoms with E-state index in [0.717, 1.165) is 48.7 Å². The minimum atomic E-state index is -0.0398. The van der Waals surface area contributed by atoms with Crippen molar-refractivity contribution in [1.29, 1.82) is 0 Å². The molecule has 3 aromatic rings. The first kappa shape index (κ1) is 19.1. The van der Waals surface area contributed by atoms with Crippen LogP contribution < -0.4 is 0 Å². The third-order valence-electron chi connectivity index (χ3n) is 4.43. The van der Waals surface area contributed by atoms with Gasteiger partial charge in [-0.3, -0.25) is 19.9 Å². The van der Waals surface area contributed by atoms with E-state index in [1.165, 1.54) is 0 Å². The lowest BCUT2D eigenvalue weighted by molar-refractivity contribution is 0.250. The highest BCUT2D eigenvalue weighted by Gasteiger charge is 2.11. The van der Waals surface area contributed by atoms with Gasteiger partial charge < -0.3 is 5.11 Å². The normalized spacial score (nSPS) is 11.1. The van der Waals surface area contributed by atoms with E-state index in [-0.39, 0.29) is 6.61 Å². The van der Waals surface area contributed by atoms with Crippen LogP contribution in [-0.2, 0) is 32.5 Å². The summed E-state index contributed by atoms with van der Waals surface area (Å²) >= 11 is 0. The molecular formula is C22H26N4O. The second-order valence-electron chi connectivity index (χ2n) is 6.53. The molecule has 1 N–H and O–H groups in total. The predicted molar refractivity (Wildman–Crippen MR) is 106 cm³/mol. The van der Waals surface area contributed by atoms with Gasteiger partial charge in [0.05, 0.1) is 23.7 Å². The summed E-state index contributed by atoms with van der Waals surface area (Å²) in [6, 6.07) is 18.0. The molecular weight excluding hydrogens is 336 g/mol. The molecule has 0 spiro atoms. The van der Waals surface area contributed by atoms with Gasteiger partial charge in [-0.05, 0) is 42.8 Å². The molecule has 3 heterocycles. The fourth-order valence-corrected chi connectivity index (χ4v) is 3.01. The summed E-state index contributed by atoms with van der Waals surface area (Å²) in [7, 11) is 0. The van der Waals surface area contributed by atoms with Gasteiger partial charge in [0.2, 0.25) is 0 Å². The quantitative estimate of drug-likeness (QED) is 0.633. The summed E-state index contributed by atoms with van der Waals surface area (Å²) in [4.78, 5) is 16.0. The Bertz CT molecular complexity index is 789. The first-order valence-electron chi connectivity index (χ1n) is 9.39. The van der Waals surface area contributed by atoms with Crippen molar-refractivity contribution in [3.8, 4) is 0 Å². The maximum Gasteiger partial charge on any atom is 0.0853 e. The molecule has 0 aromatic carbocycles. The van der Waals surface area contributed by atoms with Crippen molar-refractivity contribution in [1.82, 2.24) is 19.9 Å². The molecule has 140 valence electrons. The van der Waals surface area contributed by atoms with E-state index >= 15 is 0 Å². The maximum atomic E-state index is 9.35. The molecule has 0 fully saturated rings. The van der Waals surface area contributed by atoms with Crippen molar-refractivity contribution in [3.63, 3.8) is 0 Å². The molecule has 0 saturated heterocycles. The highest BCUT2D eigenvalue weighted by Crippen LogP contribution is 2.11. The molecule has 0 aliphatic heterocycles. The number of aliphatic hydroxyl groups excluding tert-OH is 1. The van der Waals surface area contributed by atoms with Crippen molar-refractivity contribution < 1.29 is 5.11 Å². The highest BCUT2D eigenvalue weighted by molar-refractivity contribution is 5.13. The Morgan fingerprint density at radius 1 is 0.778 bits per heavy atom. The van der Waals surface area contributed by atoms with Crippen LogP contribution in [0.4, 0.5) is 0 Å². The number of nitrogens with zero attached hydrogens (tertiary/aromatic N) is 4. The summed E-state index contributed by atoms with van der Waals surface area (Å²) < 4.78 is 0. The number of aromatic nitrogens is 3. The summed E-state index contributed by atoms with van der Waals surface area (Å²) in [6.07, 6.45) is 3.63. The van der Waals surface area contributed by atoms with Gasteiger partial charge in [-0.15, -0.1) is 0 Å². The number of pyridine rings is 3. The van der Waals surface area contributed by atoms with E-state index in [1.807, 2.05) is 36.5 Å². The van der Waals surface area contributed by atoms with E-state index in [2.05, 4.69) is 46.1 Å². The molecule has 3 aromatic heterocycles. The lowest BCUT2D eigenvalue weighted by atomic mass is 10.2. The Balaban J connectivity index is 1.74. The third kappa shape index (κ3) is 5.94. The van der Waals surface area contributed by atoms with E-state index < -0.39 is 0 Å². The van der Waals surface area contributed by atoms with Crippen molar-refractivity contribution in [2.24, 2.45) is 0 Å². The van der Waals surface area contributed by atoms with Crippen LogP contribution in [0.3, 0.4) is 0 Å². The van der Waals surface area contributed by atoms with Crippen LogP contribution in [0.2, 0.25) is 0 Å². The average molecular weight is 362 g/mol. The Hall–Kier alpha value is -2.63. The van der Waals surface area contributed by atoms with Crippen molar-refractivity contribution in [3.05, 3.63) is 89.3 Å². The molecule has 0 saturated carbocycles. The zero-order chi connectivity index (χ0) is 18.9. The molecule has 0 atom stereocenters. The van der Waals surface area contributed by atoms with E-state index in [4.69, 9.17) is 4.98 Å². The maximum absolute atomic E-state index is 9.35. The Labute approximate surface area is 160 Å². The van der Waals surface area contributed by atoms with Gasteiger partial charge in [0.15, 0.2) is 0 Å². The smallest absolute Gasteiger partial charge is 0.0853 e. The van der Waals surface area contributed by atoms with Crippen molar-refractivity contribution in [2.45, 2.75) is 39.5 Å². The monoisotopic (exact) mass is 362 g/mol. The van der Waals surface area contributed by atoms with Crippen LogP contribution in [-0.4, -0.2) is 31.5 Å². The number of hydrogen-bond donors (Lipinski definition) is 1. The van der Waals surface area contributed by atoms with E-state index in [9.17, 15) is 5.11 Å². The van der Waals surface area contributed by atoms with Gasteiger partial charge in [-0.1, -0.05) is 25.1 Å². The fraction of sp³-hybridized carbons (Fsp3) is 0.318. The van der Waals surface area contributed by atoms with Crippen molar-refractivity contribution in [2.75, 3.05) is 6.54 Å². The molecule has 0 bridgehead atoms. The number of rotatable bonds is 9. The van der Waals surface area contributed by atoms with Gasteiger partial charge in [0, 0.05) is 43.6 Å². The zero-order valence-corrected chi connectivity index (χ0v) is 15.8. The summed E-state index contributed by atoms with van der Waals surface area (Å²) in [5.41, 5.74) is 4.90. The van der Waals surface area contributed by atoms with Crippen LogP contribution in [0.5, 0.6) is 0 Å². The van der Waals surface area contributed by atoms with Gasteiger partial charge in [0.25, 0.3) is 0 Å². The minimum Gasteiger partial charge on any atom is -0.390 e. The van der Waals surface area contributed by atoms with Crippen LogP contribution in [0.15, 0.2) is 60.8 Å². The van der Waals surface area contributed by atoms with Crippen molar-refractivity contribution >= 4 is 0 Å². The molecule has 27 heavy (non-hydrogen) atoms. The minimum absolute atomic E-state index is 0.0398. The average Bonchev–Trinajstić information content (AvgIpc) is 2.73. The molecule has 0 amide bonds. The van der Waals surface area contributed by atoms with Crippen LogP contribution >= 0.6 is 0 Å². The summed E-state index contributed by atoms with van der Waals surface area (Å²) in [5, 5.41) is 9.35. The predicted octanol–water partition coefficient (Wildman–Crippen LogP) is 3.17. The SMILES string of the molecule is CCc1cccc(CN(CCc2ccccn2)Cc2cccc(CO)n2)n1. The fourth-order valence-electron chi connectivity index (χ4n) is 3.01. The summed E-state index contributed by atoms with van der Waals surface area (Å²) in [6.45, 7) is 4.40. The number of aryl methyl sites for hydroxylation is 1. The lowest BCUT2D eigenvalue weighted by Crippen LogP contribution is -2.26. The number of hydrogen-bond acceptors (Lipinski definition) is 5. The molecule has 0 unspecified atom stereocenters. The largest absolute Gasteiger partial charge is 0.390 e. The lowest BCUT2D eigenvalue weighted by Gasteiger charge is -2.22. The van der Waals surface area contributed by atoms with Gasteiger partial charge in [-0.2, -0.15) is 0 Å². The summed E-state index contributed by atoms with van der Waals surface area (Å²) in [5.74, 6) is 0. The second-order valence-corrected chi connectivity index (χ2v) is 6.53. The Kier molecular flexibility index (Phi) is 7.02. The van der Waals surface area contributed by atoms with Gasteiger partial charge in [0.1, 0.15) is 0 Å². The highest BCUT2D eigenvalue weighted by atomic mass is 16.3. The van der Waals surface area contributed by atoms with Crippen LogP contribution in [0.1, 0.15) is 35.4 Å². The Morgan fingerprint density at radius 2 is 1.41 bits per heavy atom. The topological polar surface area (TPSA) is 62.1 Å². The zero-order valence-electron chi connectivity index (χ0n) is 15.8. The molecule has 0 radical (unpaired) electrons.